The molecular formula is C14H26N2O. The molecule has 0 unspecified atom stereocenters. The minimum absolute atomic E-state index is 0.327. The predicted molar refractivity (Wildman–Crippen MR) is 69.9 cm³/mol. The Kier molecular flexibility index (Phi) is 5.30. The van der Waals surface area contributed by atoms with E-state index in [9.17, 15) is 4.79 Å². The van der Waals surface area contributed by atoms with E-state index in [1.165, 1.54) is 32.1 Å². The molecule has 1 amide bonds. The number of hydrogen-bond acceptors (Lipinski definition) is 2. The quantitative estimate of drug-likeness (QED) is 0.759. The van der Waals surface area contributed by atoms with E-state index < -0.39 is 0 Å². The van der Waals surface area contributed by atoms with Crippen molar-refractivity contribution in [2.75, 3.05) is 26.2 Å². The summed E-state index contributed by atoms with van der Waals surface area (Å²) < 4.78 is 0. The van der Waals surface area contributed by atoms with Crippen LogP contribution in [-0.4, -0.2) is 37.0 Å². The zero-order chi connectivity index (χ0) is 11.9. The van der Waals surface area contributed by atoms with E-state index in [2.05, 4.69) is 10.2 Å². The van der Waals surface area contributed by atoms with Gasteiger partial charge in [-0.25, -0.2) is 0 Å². The summed E-state index contributed by atoms with van der Waals surface area (Å²) in [5.74, 6) is 0.768. The van der Waals surface area contributed by atoms with Gasteiger partial charge in [0.15, 0.2) is 0 Å². The molecule has 0 spiro atoms. The standard InChI is InChI=1S/C14H26N2O/c17-14(16-11-6-9-15-10-12-16)13-7-4-2-1-3-5-8-13/h13,15H,1-12H2. The van der Waals surface area contributed by atoms with E-state index in [1.54, 1.807) is 0 Å². The van der Waals surface area contributed by atoms with E-state index in [0.29, 0.717) is 11.8 Å². The maximum absolute atomic E-state index is 12.5. The third kappa shape index (κ3) is 3.98. The molecule has 2 fully saturated rings. The number of rotatable bonds is 1. The van der Waals surface area contributed by atoms with E-state index in [4.69, 9.17) is 0 Å². The molecule has 0 radical (unpaired) electrons. The molecule has 0 atom stereocenters. The molecule has 1 N–H and O–H groups in total. The Morgan fingerprint density at radius 1 is 0.882 bits per heavy atom. The second kappa shape index (κ2) is 7.00. The van der Waals surface area contributed by atoms with Crippen LogP contribution >= 0.6 is 0 Å². The van der Waals surface area contributed by atoms with Crippen molar-refractivity contribution in [3.05, 3.63) is 0 Å². The largest absolute Gasteiger partial charge is 0.341 e. The molecule has 0 aromatic rings. The summed E-state index contributed by atoms with van der Waals surface area (Å²) in [6.07, 6.45) is 9.89. The van der Waals surface area contributed by atoms with Gasteiger partial charge in [-0.2, -0.15) is 0 Å². The van der Waals surface area contributed by atoms with Gasteiger partial charge in [-0.3, -0.25) is 4.79 Å². The lowest BCUT2D eigenvalue weighted by molar-refractivity contribution is -0.136. The van der Waals surface area contributed by atoms with Crippen molar-refractivity contribution in [1.82, 2.24) is 10.2 Å². The first-order valence-electron chi connectivity index (χ1n) is 7.37. The lowest BCUT2D eigenvalue weighted by Crippen LogP contribution is -2.38. The van der Waals surface area contributed by atoms with Crippen LogP contribution in [0.5, 0.6) is 0 Å². The van der Waals surface area contributed by atoms with Gasteiger partial charge >= 0.3 is 0 Å². The number of amides is 1. The van der Waals surface area contributed by atoms with Gasteiger partial charge in [-0.05, 0) is 25.8 Å². The molecule has 98 valence electrons. The molecule has 1 aliphatic carbocycles. The average molecular weight is 238 g/mol. The first kappa shape index (κ1) is 12.9. The van der Waals surface area contributed by atoms with Gasteiger partial charge in [0.2, 0.25) is 5.91 Å². The summed E-state index contributed by atoms with van der Waals surface area (Å²) in [4.78, 5) is 14.6. The van der Waals surface area contributed by atoms with Crippen molar-refractivity contribution in [3.8, 4) is 0 Å². The predicted octanol–water partition coefficient (Wildman–Crippen LogP) is 2.17. The minimum atomic E-state index is 0.327. The van der Waals surface area contributed by atoms with E-state index in [0.717, 1.165) is 45.4 Å². The van der Waals surface area contributed by atoms with E-state index in [-0.39, 0.29) is 0 Å². The molecule has 1 saturated carbocycles. The van der Waals surface area contributed by atoms with Crippen molar-refractivity contribution in [3.63, 3.8) is 0 Å². The summed E-state index contributed by atoms with van der Waals surface area (Å²) in [5, 5.41) is 3.36. The normalized spacial score (nSPS) is 24.8. The van der Waals surface area contributed by atoms with Crippen molar-refractivity contribution in [1.29, 1.82) is 0 Å². The molecule has 3 nitrogen and oxygen atoms in total. The molecule has 1 aliphatic heterocycles. The van der Waals surface area contributed by atoms with Gasteiger partial charge in [0.25, 0.3) is 0 Å². The fraction of sp³-hybridized carbons (Fsp3) is 0.929. The van der Waals surface area contributed by atoms with Gasteiger partial charge in [-0.15, -0.1) is 0 Å². The van der Waals surface area contributed by atoms with Crippen LogP contribution in [0.15, 0.2) is 0 Å². The fourth-order valence-corrected chi connectivity index (χ4v) is 3.03. The molecular weight excluding hydrogens is 212 g/mol. The Hall–Kier alpha value is -0.570. The topological polar surface area (TPSA) is 32.3 Å². The highest BCUT2D eigenvalue weighted by molar-refractivity contribution is 5.78. The van der Waals surface area contributed by atoms with Crippen molar-refractivity contribution in [2.45, 2.75) is 51.4 Å². The smallest absolute Gasteiger partial charge is 0.225 e. The Bertz CT molecular complexity index is 226. The second-order valence-corrected chi connectivity index (χ2v) is 5.47. The first-order chi connectivity index (χ1) is 8.38. The summed E-state index contributed by atoms with van der Waals surface area (Å²) in [6.45, 7) is 3.91. The Morgan fingerprint density at radius 2 is 1.59 bits per heavy atom. The van der Waals surface area contributed by atoms with Crippen LogP contribution in [0.4, 0.5) is 0 Å². The molecule has 3 heteroatoms. The van der Waals surface area contributed by atoms with Crippen molar-refractivity contribution >= 4 is 5.91 Å². The molecule has 17 heavy (non-hydrogen) atoms. The number of carbonyl (C=O) groups excluding carboxylic acids is 1. The maximum atomic E-state index is 12.5. The van der Waals surface area contributed by atoms with Crippen LogP contribution in [-0.2, 0) is 4.79 Å². The fourth-order valence-electron chi connectivity index (χ4n) is 3.03. The lowest BCUT2D eigenvalue weighted by Gasteiger charge is -2.27. The molecule has 1 saturated heterocycles. The summed E-state index contributed by atoms with van der Waals surface area (Å²) in [6, 6.07) is 0. The Balaban J connectivity index is 1.86. The third-order valence-corrected chi connectivity index (χ3v) is 4.11. The maximum Gasteiger partial charge on any atom is 0.225 e. The molecule has 2 rings (SSSR count). The van der Waals surface area contributed by atoms with E-state index >= 15 is 0 Å². The highest BCUT2D eigenvalue weighted by Crippen LogP contribution is 2.24. The van der Waals surface area contributed by atoms with Crippen molar-refractivity contribution in [2.24, 2.45) is 5.92 Å². The summed E-state index contributed by atoms with van der Waals surface area (Å²) in [7, 11) is 0. The lowest BCUT2D eigenvalue weighted by atomic mass is 9.90. The van der Waals surface area contributed by atoms with Gasteiger partial charge in [0.05, 0.1) is 0 Å². The van der Waals surface area contributed by atoms with Gasteiger partial charge in [0.1, 0.15) is 0 Å². The highest BCUT2D eigenvalue weighted by Gasteiger charge is 2.24. The minimum Gasteiger partial charge on any atom is -0.341 e. The van der Waals surface area contributed by atoms with Crippen LogP contribution in [0.3, 0.4) is 0 Å². The Morgan fingerprint density at radius 3 is 2.35 bits per heavy atom. The molecule has 0 bridgehead atoms. The first-order valence-corrected chi connectivity index (χ1v) is 7.37. The van der Waals surface area contributed by atoms with Gasteiger partial charge in [0, 0.05) is 25.6 Å². The Labute approximate surface area is 105 Å². The number of hydrogen-bond donors (Lipinski definition) is 1. The van der Waals surface area contributed by atoms with Crippen LogP contribution in [0.25, 0.3) is 0 Å². The second-order valence-electron chi connectivity index (χ2n) is 5.47. The van der Waals surface area contributed by atoms with Crippen LogP contribution in [0, 0.1) is 5.92 Å². The van der Waals surface area contributed by atoms with Gasteiger partial charge in [-0.1, -0.05) is 32.1 Å². The number of nitrogens with zero attached hydrogens (tertiary/aromatic N) is 1. The molecule has 2 aliphatic rings. The monoisotopic (exact) mass is 238 g/mol. The molecule has 0 aromatic carbocycles. The zero-order valence-corrected chi connectivity index (χ0v) is 10.9. The zero-order valence-electron chi connectivity index (χ0n) is 10.9. The van der Waals surface area contributed by atoms with Crippen LogP contribution in [0.2, 0.25) is 0 Å². The molecule has 1 heterocycles. The summed E-state index contributed by atoms with van der Waals surface area (Å²) >= 11 is 0. The van der Waals surface area contributed by atoms with Crippen LogP contribution in [0.1, 0.15) is 51.4 Å². The van der Waals surface area contributed by atoms with E-state index in [1.807, 2.05) is 0 Å². The average Bonchev–Trinajstić information content (AvgIpc) is 2.56. The molecule has 0 aromatic heterocycles. The third-order valence-electron chi connectivity index (χ3n) is 4.11. The summed E-state index contributed by atoms with van der Waals surface area (Å²) in [5.41, 5.74) is 0. The SMILES string of the molecule is O=C(C1CCCCCCC1)N1CCCNCC1. The highest BCUT2D eigenvalue weighted by atomic mass is 16.2. The van der Waals surface area contributed by atoms with Crippen LogP contribution < -0.4 is 5.32 Å². The number of carbonyl (C=O) groups is 1. The van der Waals surface area contributed by atoms with Gasteiger partial charge < -0.3 is 10.2 Å². The number of nitrogens with one attached hydrogen (secondary N) is 1. The van der Waals surface area contributed by atoms with Crippen molar-refractivity contribution < 1.29 is 4.79 Å².